The van der Waals surface area contributed by atoms with Gasteiger partial charge in [-0.05, 0) is 43.0 Å². The van der Waals surface area contributed by atoms with Crippen molar-refractivity contribution < 1.29 is 14.3 Å². The van der Waals surface area contributed by atoms with Crippen molar-refractivity contribution in [3.05, 3.63) is 59.2 Å². The number of rotatable bonds is 5. The summed E-state index contributed by atoms with van der Waals surface area (Å²) in [6, 6.07) is 13.8. The molecule has 0 aliphatic heterocycles. The van der Waals surface area contributed by atoms with Crippen LogP contribution in [0.2, 0.25) is 0 Å². The van der Waals surface area contributed by atoms with Crippen LogP contribution in [0.3, 0.4) is 0 Å². The number of carbonyl (C=O) groups is 1. The number of Topliss-reactive ketones (excluding diaryl/α,β-unsaturated/α-hetero) is 1. The topological polar surface area (TPSA) is 35.5 Å². The molecule has 0 amide bonds. The minimum absolute atomic E-state index is 0.0832. The zero-order valence-corrected chi connectivity index (χ0v) is 13.1. The van der Waals surface area contributed by atoms with Crippen molar-refractivity contribution in [2.45, 2.75) is 19.3 Å². The molecule has 0 saturated heterocycles. The van der Waals surface area contributed by atoms with Crippen LogP contribution >= 0.6 is 0 Å². The van der Waals surface area contributed by atoms with Crippen LogP contribution in [0.15, 0.2) is 42.5 Å². The molecule has 1 fully saturated rings. The molecule has 114 valence electrons. The van der Waals surface area contributed by atoms with E-state index in [1.165, 1.54) is 11.1 Å². The van der Waals surface area contributed by atoms with Crippen LogP contribution in [0, 0.1) is 12.8 Å². The fraction of sp³-hybridized carbons (Fsp3) is 0.316. The molecule has 2 atom stereocenters. The largest absolute Gasteiger partial charge is 0.493 e. The van der Waals surface area contributed by atoms with Crippen LogP contribution in [-0.4, -0.2) is 20.0 Å². The fourth-order valence-corrected chi connectivity index (χ4v) is 2.96. The number of carbonyl (C=O) groups excluding carboxylic acids is 1. The van der Waals surface area contributed by atoms with Gasteiger partial charge in [0.05, 0.1) is 14.2 Å². The van der Waals surface area contributed by atoms with Gasteiger partial charge in [-0.15, -0.1) is 0 Å². The van der Waals surface area contributed by atoms with E-state index in [1.807, 2.05) is 6.07 Å². The summed E-state index contributed by atoms with van der Waals surface area (Å²) in [6.45, 7) is 2.08. The lowest BCUT2D eigenvalue weighted by atomic mass is 10.0. The van der Waals surface area contributed by atoms with E-state index in [0.717, 1.165) is 6.42 Å². The van der Waals surface area contributed by atoms with Gasteiger partial charge in [-0.25, -0.2) is 0 Å². The third kappa shape index (κ3) is 2.71. The highest BCUT2D eigenvalue weighted by Crippen LogP contribution is 2.49. The predicted octanol–water partition coefficient (Wildman–Crippen LogP) is 4.00. The first-order valence-corrected chi connectivity index (χ1v) is 7.47. The van der Waals surface area contributed by atoms with Gasteiger partial charge in [0, 0.05) is 11.5 Å². The summed E-state index contributed by atoms with van der Waals surface area (Å²) in [7, 11) is 3.17. The van der Waals surface area contributed by atoms with E-state index < -0.39 is 0 Å². The highest BCUT2D eigenvalue weighted by Gasteiger charge is 2.44. The van der Waals surface area contributed by atoms with E-state index in [1.54, 1.807) is 26.4 Å². The first-order chi connectivity index (χ1) is 10.6. The Morgan fingerprint density at radius 2 is 1.82 bits per heavy atom. The minimum atomic E-state index is 0.0832. The number of methoxy groups -OCH3 is 2. The van der Waals surface area contributed by atoms with E-state index in [2.05, 4.69) is 31.2 Å². The Morgan fingerprint density at radius 1 is 1.05 bits per heavy atom. The number of hydrogen-bond acceptors (Lipinski definition) is 3. The monoisotopic (exact) mass is 296 g/mol. The normalized spacial score (nSPS) is 19.6. The maximum Gasteiger partial charge on any atom is 0.166 e. The molecular weight excluding hydrogens is 276 g/mol. The highest BCUT2D eigenvalue weighted by molar-refractivity contribution is 6.00. The van der Waals surface area contributed by atoms with Crippen LogP contribution < -0.4 is 9.47 Å². The molecule has 2 aromatic carbocycles. The van der Waals surface area contributed by atoms with Gasteiger partial charge in [-0.1, -0.05) is 29.8 Å². The molecule has 1 aliphatic rings. The van der Waals surface area contributed by atoms with Crippen molar-refractivity contribution in [3.63, 3.8) is 0 Å². The summed E-state index contributed by atoms with van der Waals surface area (Å²) in [5.41, 5.74) is 3.19. The number of aryl methyl sites for hydroxylation is 1. The molecule has 0 spiro atoms. The van der Waals surface area contributed by atoms with Crippen molar-refractivity contribution >= 4 is 5.78 Å². The van der Waals surface area contributed by atoms with E-state index >= 15 is 0 Å². The molecule has 3 rings (SSSR count). The van der Waals surface area contributed by atoms with Gasteiger partial charge in [0.1, 0.15) is 0 Å². The van der Waals surface area contributed by atoms with Crippen molar-refractivity contribution in [2.75, 3.05) is 14.2 Å². The van der Waals surface area contributed by atoms with E-state index in [9.17, 15) is 4.79 Å². The first kappa shape index (κ1) is 14.6. The SMILES string of the molecule is COc1ccc(C(=O)C2CC2c2cccc(C)c2)cc1OC. The van der Waals surface area contributed by atoms with Gasteiger partial charge in [0.2, 0.25) is 0 Å². The third-order valence-corrected chi connectivity index (χ3v) is 4.27. The van der Waals surface area contributed by atoms with Gasteiger partial charge in [0.25, 0.3) is 0 Å². The highest BCUT2D eigenvalue weighted by atomic mass is 16.5. The first-order valence-electron chi connectivity index (χ1n) is 7.47. The maximum atomic E-state index is 12.6. The average molecular weight is 296 g/mol. The Balaban J connectivity index is 1.79. The van der Waals surface area contributed by atoms with Crippen LogP contribution in [0.5, 0.6) is 11.5 Å². The summed E-state index contributed by atoms with van der Waals surface area (Å²) < 4.78 is 10.5. The Bertz CT molecular complexity index is 706. The minimum Gasteiger partial charge on any atom is -0.493 e. The molecule has 0 N–H and O–H groups in total. The summed E-state index contributed by atoms with van der Waals surface area (Å²) in [6.07, 6.45) is 0.927. The lowest BCUT2D eigenvalue weighted by Gasteiger charge is -2.09. The number of ether oxygens (including phenoxy) is 2. The third-order valence-electron chi connectivity index (χ3n) is 4.27. The molecule has 1 saturated carbocycles. The lowest BCUT2D eigenvalue weighted by molar-refractivity contribution is 0.0965. The van der Waals surface area contributed by atoms with Crippen molar-refractivity contribution in [2.24, 2.45) is 5.92 Å². The summed E-state index contributed by atoms with van der Waals surface area (Å²) in [5.74, 6) is 1.86. The molecule has 0 aromatic heterocycles. The van der Waals surface area contributed by atoms with E-state index in [-0.39, 0.29) is 11.7 Å². The zero-order valence-electron chi connectivity index (χ0n) is 13.1. The molecular formula is C19H20O3. The Labute approximate surface area is 130 Å². The number of hydrogen-bond donors (Lipinski definition) is 0. The van der Waals surface area contributed by atoms with Gasteiger partial charge >= 0.3 is 0 Å². The van der Waals surface area contributed by atoms with Crippen LogP contribution in [0.4, 0.5) is 0 Å². The van der Waals surface area contributed by atoms with Gasteiger partial charge in [0.15, 0.2) is 17.3 Å². The second-order valence-corrected chi connectivity index (χ2v) is 5.80. The molecule has 0 heterocycles. The van der Waals surface area contributed by atoms with Crippen molar-refractivity contribution in [1.29, 1.82) is 0 Å². The van der Waals surface area contributed by atoms with Gasteiger partial charge in [-0.2, -0.15) is 0 Å². The van der Waals surface area contributed by atoms with Crippen LogP contribution in [0.1, 0.15) is 33.8 Å². The standard InChI is InChI=1S/C19H20O3/c1-12-5-4-6-13(9-12)15-11-16(15)19(20)14-7-8-17(21-2)18(10-14)22-3/h4-10,15-16H,11H2,1-3H3. The van der Waals surface area contributed by atoms with Crippen molar-refractivity contribution in [1.82, 2.24) is 0 Å². The Hall–Kier alpha value is -2.29. The Kier molecular flexibility index (Phi) is 3.88. The molecule has 2 unspecified atom stereocenters. The summed E-state index contributed by atoms with van der Waals surface area (Å²) >= 11 is 0. The molecule has 3 nitrogen and oxygen atoms in total. The quantitative estimate of drug-likeness (QED) is 0.782. The zero-order chi connectivity index (χ0) is 15.7. The van der Waals surface area contributed by atoms with Crippen molar-refractivity contribution in [3.8, 4) is 11.5 Å². The second-order valence-electron chi connectivity index (χ2n) is 5.80. The van der Waals surface area contributed by atoms with Crippen LogP contribution in [-0.2, 0) is 0 Å². The molecule has 22 heavy (non-hydrogen) atoms. The average Bonchev–Trinajstić information content (AvgIpc) is 3.34. The smallest absolute Gasteiger partial charge is 0.166 e. The van der Waals surface area contributed by atoms with Crippen LogP contribution in [0.25, 0.3) is 0 Å². The molecule has 3 heteroatoms. The van der Waals surface area contributed by atoms with Gasteiger partial charge < -0.3 is 9.47 Å². The number of ketones is 1. The van der Waals surface area contributed by atoms with E-state index in [4.69, 9.17) is 9.47 Å². The maximum absolute atomic E-state index is 12.6. The Morgan fingerprint density at radius 3 is 2.50 bits per heavy atom. The second kappa shape index (κ2) is 5.84. The van der Waals surface area contributed by atoms with Gasteiger partial charge in [-0.3, -0.25) is 4.79 Å². The molecule has 1 aliphatic carbocycles. The fourth-order valence-electron chi connectivity index (χ4n) is 2.96. The summed E-state index contributed by atoms with van der Waals surface area (Å²) in [5, 5.41) is 0. The summed E-state index contributed by atoms with van der Waals surface area (Å²) in [4.78, 5) is 12.6. The predicted molar refractivity (Wildman–Crippen MR) is 85.9 cm³/mol. The van der Waals surface area contributed by atoms with E-state index in [0.29, 0.717) is 23.0 Å². The number of benzene rings is 2. The molecule has 0 bridgehead atoms. The lowest BCUT2D eigenvalue weighted by Crippen LogP contribution is -2.04. The molecule has 0 radical (unpaired) electrons. The molecule has 2 aromatic rings.